The Kier molecular flexibility index (Phi) is 4.32. The first-order valence-electron chi connectivity index (χ1n) is 5.60. The maximum absolute atomic E-state index is 13.1. The molecule has 0 fully saturated rings. The van der Waals surface area contributed by atoms with Gasteiger partial charge in [-0.1, -0.05) is 0 Å². The second-order valence-electron chi connectivity index (χ2n) is 4.04. The van der Waals surface area contributed by atoms with E-state index in [2.05, 4.69) is 15.9 Å². The molecular weight excluding hydrogens is 356 g/mol. The molecule has 0 amide bonds. The Morgan fingerprint density at radius 3 is 2.24 bits per heavy atom. The van der Waals surface area contributed by atoms with Crippen molar-refractivity contribution in [3.63, 3.8) is 0 Å². The highest BCUT2D eigenvalue weighted by molar-refractivity contribution is 9.10. The molecule has 0 heterocycles. The average Bonchev–Trinajstić information content (AvgIpc) is 2.42. The standard InChI is InChI=1S/C14H7BrF4O2/c15-12-6-10(3-4-13(12)16)21-9-2-1-8(7-20)11(5-9)14(17,18)19/h1-7H. The SMILES string of the molecule is O=Cc1ccc(Oc2ccc(F)c(Br)c2)cc1C(F)(F)F. The smallest absolute Gasteiger partial charge is 0.417 e. The van der Waals surface area contributed by atoms with Crippen LogP contribution >= 0.6 is 15.9 Å². The number of benzene rings is 2. The Morgan fingerprint density at radius 2 is 1.67 bits per heavy atom. The highest BCUT2D eigenvalue weighted by Gasteiger charge is 2.33. The van der Waals surface area contributed by atoms with Gasteiger partial charge in [-0.2, -0.15) is 13.2 Å². The fraction of sp³-hybridized carbons (Fsp3) is 0.0714. The summed E-state index contributed by atoms with van der Waals surface area (Å²) in [5.74, 6) is -0.462. The predicted molar refractivity (Wildman–Crippen MR) is 71.0 cm³/mol. The van der Waals surface area contributed by atoms with Gasteiger partial charge in [0.2, 0.25) is 0 Å². The zero-order chi connectivity index (χ0) is 15.6. The number of aldehydes is 1. The maximum atomic E-state index is 13.1. The Bertz CT molecular complexity index is 683. The van der Waals surface area contributed by atoms with E-state index in [0.717, 1.165) is 18.2 Å². The summed E-state index contributed by atoms with van der Waals surface area (Å²) in [5, 5.41) is 0. The Labute approximate surface area is 125 Å². The first-order chi connectivity index (χ1) is 9.81. The topological polar surface area (TPSA) is 26.3 Å². The molecule has 0 aliphatic rings. The summed E-state index contributed by atoms with van der Waals surface area (Å²) in [6, 6.07) is 6.65. The third kappa shape index (κ3) is 3.60. The van der Waals surface area contributed by atoms with Crippen molar-refractivity contribution in [1.82, 2.24) is 0 Å². The van der Waals surface area contributed by atoms with Gasteiger partial charge in [-0.15, -0.1) is 0 Å². The molecule has 0 spiro atoms. The minimum atomic E-state index is -4.67. The van der Waals surface area contributed by atoms with Crippen molar-refractivity contribution < 1.29 is 27.1 Å². The van der Waals surface area contributed by atoms with Crippen LogP contribution in [-0.2, 0) is 6.18 Å². The monoisotopic (exact) mass is 362 g/mol. The molecule has 2 aromatic rings. The Morgan fingerprint density at radius 1 is 1.05 bits per heavy atom. The van der Waals surface area contributed by atoms with Crippen LogP contribution < -0.4 is 4.74 Å². The Balaban J connectivity index is 2.36. The van der Waals surface area contributed by atoms with Crippen LogP contribution in [0.15, 0.2) is 40.9 Å². The summed E-state index contributed by atoms with van der Waals surface area (Å²) in [6.07, 6.45) is -4.54. The van der Waals surface area contributed by atoms with E-state index in [-0.39, 0.29) is 22.3 Å². The van der Waals surface area contributed by atoms with Gasteiger partial charge in [-0.25, -0.2) is 4.39 Å². The van der Waals surface area contributed by atoms with Gasteiger partial charge in [-0.3, -0.25) is 4.79 Å². The molecule has 2 aromatic carbocycles. The van der Waals surface area contributed by atoms with E-state index in [1.807, 2.05) is 0 Å². The summed E-state index contributed by atoms with van der Waals surface area (Å²) >= 11 is 2.95. The number of alkyl halides is 3. The number of rotatable bonds is 3. The fourth-order valence-corrected chi connectivity index (χ4v) is 1.98. The third-order valence-electron chi connectivity index (χ3n) is 2.58. The summed E-state index contributed by atoms with van der Waals surface area (Å²) in [4.78, 5) is 10.6. The van der Waals surface area contributed by atoms with Gasteiger partial charge >= 0.3 is 6.18 Å². The highest BCUT2D eigenvalue weighted by atomic mass is 79.9. The van der Waals surface area contributed by atoms with Crippen molar-refractivity contribution in [3.8, 4) is 11.5 Å². The highest BCUT2D eigenvalue weighted by Crippen LogP contribution is 2.35. The molecule has 2 nitrogen and oxygen atoms in total. The number of hydrogen-bond donors (Lipinski definition) is 0. The van der Waals surface area contributed by atoms with E-state index in [1.165, 1.54) is 18.2 Å². The van der Waals surface area contributed by atoms with Gasteiger partial charge in [0.05, 0.1) is 10.0 Å². The van der Waals surface area contributed by atoms with Crippen LogP contribution in [0.1, 0.15) is 15.9 Å². The van der Waals surface area contributed by atoms with Crippen molar-refractivity contribution in [2.24, 2.45) is 0 Å². The lowest BCUT2D eigenvalue weighted by molar-refractivity contribution is -0.137. The largest absolute Gasteiger partial charge is 0.457 e. The molecule has 0 aliphatic heterocycles. The molecule has 0 aromatic heterocycles. The molecule has 21 heavy (non-hydrogen) atoms. The van der Waals surface area contributed by atoms with E-state index in [1.54, 1.807) is 0 Å². The van der Waals surface area contributed by atoms with Crippen molar-refractivity contribution in [1.29, 1.82) is 0 Å². The van der Waals surface area contributed by atoms with Crippen molar-refractivity contribution in [2.75, 3.05) is 0 Å². The first-order valence-corrected chi connectivity index (χ1v) is 6.40. The van der Waals surface area contributed by atoms with Crippen molar-refractivity contribution >= 4 is 22.2 Å². The van der Waals surface area contributed by atoms with Crippen LogP contribution in [0, 0.1) is 5.82 Å². The second kappa shape index (κ2) is 5.85. The van der Waals surface area contributed by atoms with E-state index in [4.69, 9.17) is 4.74 Å². The van der Waals surface area contributed by atoms with Gasteiger partial charge in [0, 0.05) is 5.56 Å². The van der Waals surface area contributed by atoms with E-state index in [0.29, 0.717) is 0 Å². The summed E-state index contributed by atoms with van der Waals surface area (Å²) in [6.45, 7) is 0. The van der Waals surface area contributed by atoms with Gasteiger partial charge < -0.3 is 4.74 Å². The number of hydrogen-bond acceptors (Lipinski definition) is 2. The molecule has 110 valence electrons. The second-order valence-corrected chi connectivity index (χ2v) is 4.90. The van der Waals surface area contributed by atoms with Crippen LogP contribution in [0.3, 0.4) is 0 Å². The average molecular weight is 363 g/mol. The molecule has 0 atom stereocenters. The molecule has 0 aliphatic carbocycles. The number of carbonyl (C=O) groups excluding carboxylic acids is 1. The van der Waals surface area contributed by atoms with E-state index < -0.39 is 23.1 Å². The summed E-state index contributed by atoms with van der Waals surface area (Å²) in [5.41, 5.74) is -1.56. The molecule has 0 unspecified atom stereocenters. The molecule has 0 bridgehead atoms. The first kappa shape index (κ1) is 15.5. The van der Waals surface area contributed by atoms with Gasteiger partial charge in [0.25, 0.3) is 0 Å². The molecule has 0 radical (unpaired) electrons. The third-order valence-corrected chi connectivity index (χ3v) is 3.19. The zero-order valence-electron chi connectivity index (χ0n) is 10.2. The number of carbonyl (C=O) groups is 1. The minimum absolute atomic E-state index is 0.105. The van der Waals surface area contributed by atoms with Crippen LogP contribution in [-0.4, -0.2) is 6.29 Å². The lowest BCUT2D eigenvalue weighted by atomic mass is 10.1. The lowest BCUT2D eigenvalue weighted by Crippen LogP contribution is -2.09. The molecule has 0 N–H and O–H groups in total. The van der Waals surface area contributed by atoms with Crippen LogP contribution in [0.2, 0.25) is 0 Å². The number of halogens is 5. The quantitative estimate of drug-likeness (QED) is 0.553. The predicted octanol–water partition coefficient (Wildman–Crippen LogP) is 5.21. The molecular formula is C14H7BrF4O2. The van der Waals surface area contributed by atoms with Gasteiger partial charge in [0.1, 0.15) is 17.3 Å². The molecule has 0 saturated carbocycles. The van der Waals surface area contributed by atoms with Crippen LogP contribution in [0.25, 0.3) is 0 Å². The molecule has 2 rings (SSSR count). The van der Waals surface area contributed by atoms with Crippen molar-refractivity contribution in [2.45, 2.75) is 6.18 Å². The molecule has 7 heteroatoms. The van der Waals surface area contributed by atoms with Gasteiger partial charge in [0.15, 0.2) is 6.29 Å². The minimum Gasteiger partial charge on any atom is -0.457 e. The van der Waals surface area contributed by atoms with Crippen LogP contribution in [0.4, 0.5) is 17.6 Å². The fourth-order valence-electron chi connectivity index (χ4n) is 1.62. The zero-order valence-corrected chi connectivity index (χ0v) is 11.8. The van der Waals surface area contributed by atoms with Gasteiger partial charge in [-0.05, 0) is 52.3 Å². The lowest BCUT2D eigenvalue weighted by Gasteiger charge is -2.12. The van der Waals surface area contributed by atoms with Crippen molar-refractivity contribution in [3.05, 3.63) is 57.8 Å². The maximum Gasteiger partial charge on any atom is 0.417 e. The van der Waals surface area contributed by atoms with Crippen LogP contribution in [0.5, 0.6) is 11.5 Å². The summed E-state index contributed by atoms with van der Waals surface area (Å²) in [7, 11) is 0. The molecule has 0 saturated heterocycles. The number of ether oxygens (including phenoxy) is 1. The normalized spacial score (nSPS) is 11.3. The van der Waals surface area contributed by atoms with E-state index >= 15 is 0 Å². The Hall–Kier alpha value is -1.89. The van der Waals surface area contributed by atoms with E-state index in [9.17, 15) is 22.4 Å². The summed E-state index contributed by atoms with van der Waals surface area (Å²) < 4.78 is 56.8.